The van der Waals surface area contributed by atoms with Gasteiger partial charge in [-0.15, -0.1) is 0 Å². The fourth-order valence-electron chi connectivity index (χ4n) is 7.27. The van der Waals surface area contributed by atoms with Crippen LogP contribution in [0.15, 0.2) is 24.0 Å². The molecular formula is C34H45NO11. The van der Waals surface area contributed by atoms with Gasteiger partial charge in [-0.3, -0.25) is 14.4 Å². The number of carbonyl (C=O) groups is 4. The van der Waals surface area contributed by atoms with Gasteiger partial charge in [0.1, 0.15) is 17.0 Å². The van der Waals surface area contributed by atoms with E-state index < -0.39 is 71.1 Å². The molecule has 0 saturated carbocycles. The molecule has 1 saturated heterocycles. The van der Waals surface area contributed by atoms with Crippen LogP contribution in [0.25, 0.3) is 0 Å². The van der Waals surface area contributed by atoms with Crippen molar-refractivity contribution < 1.29 is 52.7 Å². The molecule has 0 radical (unpaired) electrons. The molecule has 12 nitrogen and oxygen atoms in total. The smallest absolute Gasteiger partial charge is 0.348 e. The van der Waals surface area contributed by atoms with E-state index in [0.29, 0.717) is 24.3 Å². The third-order valence-corrected chi connectivity index (χ3v) is 9.04. The largest absolute Gasteiger partial charge is 0.493 e. The number of piperidine rings is 1. The number of likely N-dealkylation sites (tertiary alicyclic amines) is 1. The molecule has 5 rings (SSSR count). The number of methoxy groups -OCH3 is 1. The molecule has 1 aromatic carbocycles. The van der Waals surface area contributed by atoms with Crippen molar-refractivity contribution in [2.45, 2.75) is 121 Å². The first-order valence-corrected chi connectivity index (χ1v) is 15.7. The third-order valence-electron chi connectivity index (χ3n) is 9.04. The molecule has 0 aromatic heterocycles. The molecule has 252 valence electrons. The molecule has 2 aliphatic carbocycles. The summed E-state index contributed by atoms with van der Waals surface area (Å²) in [6, 6.07) is 3.72. The summed E-state index contributed by atoms with van der Waals surface area (Å²) in [5.74, 6) is -1.86. The second-order valence-corrected chi connectivity index (χ2v) is 14.6. The molecule has 12 heteroatoms. The lowest BCUT2D eigenvalue weighted by atomic mass is 9.50. The number of carbonyl (C=O) groups excluding carboxylic acids is 4. The van der Waals surface area contributed by atoms with E-state index in [9.17, 15) is 24.3 Å². The zero-order chi connectivity index (χ0) is 33.8. The van der Waals surface area contributed by atoms with Crippen LogP contribution in [0, 0.1) is 0 Å². The van der Waals surface area contributed by atoms with E-state index in [0.717, 1.165) is 17.7 Å². The van der Waals surface area contributed by atoms with E-state index in [2.05, 4.69) is 4.90 Å². The number of benzene rings is 1. The fraction of sp³-hybridized carbons (Fsp3) is 0.647. The molecular weight excluding hydrogens is 598 g/mol. The highest BCUT2D eigenvalue weighted by molar-refractivity contribution is 5.85. The first-order valence-electron chi connectivity index (χ1n) is 15.7. The molecule has 0 unspecified atom stereocenters. The number of hydrogen-bond donors (Lipinski definition) is 1. The molecule has 2 bridgehead atoms. The minimum atomic E-state index is -1.55. The topological polar surface area (TPSA) is 147 Å². The van der Waals surface area contributed by atoms with Crippen molar-refractivity contribution >= 4 is 23.9 Å². The molecule has 0 amide bonds. The standard InChI is InChI=1S/C34H45NO11/c1-31(2,3)45-26(38)18-22(30(39)46-32(4,5)6)43-25(37)12-11-24(36)42-21-13-14-34(40)23-17-19-9-10-20(41-8)28-27(19)33(34,29(21)44-28)15-16-35(23)7/h9-10,13,22-23,29,40H,11-12,14-18H2,1-8H3/t22-,23+,29-,33-,34+/m0/s1. The summed E-state index contributed by atoms with van der Waals surface area (Å²) in [5, 5.41) is 12.3. The van der Waals surface area contributed by atoms with Crippen LogP contribution >= 0.6 is 0 Å². The summed E-state index contributed by atoms with van der Waals surface area (Å²) in [7, 11) is 3.57. The Morgan fingerprint density at radius 2 is 1.70 bits per heavy atom. The van der Waals surface area contributed by atoms with Crippen LogP contribution in [0.1, 0.15) is 84.8 Å². The lowest BCUT2D eigenvalue weighted by Crippen LogP contribution is -2.74. The van der Waals surface area contributed by atoms with Crippen LogP contribution in [0.2, 0.25) is 0 Å². The molecule has 2 heterocycles. The van der Waals surface area contributed by atoms with Crippen molar-refractivity contribution in [3.63, 3.8) is 0 Å². The SMILES string of the molecule is COc1ccc2c3c1O[C@H]1C(OC(=O)CCC(=O)O[C@@H](CC(=O)OC(C)(C)C)C(=O)OC(C)(C)C)=CC[C@@]4(O)[C@@H](C2)N(C)CC[C@]314. The lowest BCUT2D eigenvalue weighted by molar-refractivity contribution is -0.181. The number of esters is 4. The first kappa shape index (κ1) is 33.7. The maximum Gasteiger partial charge on any atom is 0.348 e. The Morgan fingerprint density at radius 3 is 2.35 bits per heavy atom. The maximum atomic E-state index is 13.1. The van der Waals surface area contributed by atoms with Gasteiger partial charge in [-0.05, 0) is 85.7 Å². The van der Waals surface area contributed by atoms with Gasteiger partial charge in [-0.2, -0.15) is 0 Å². The zero-order valence-electron chi connectivity index (χ0n) is 27.9. The Balaban J connectivity index is 1.28. The second kappa shape index (κ2) is 11.9. The van der Waals surface area contributed by atoms with E-state index in [1.54, 1.807) is 54.7 Å². The van der Waals surface area contributed by atoms with Gasteiger partial charge in [0.2, 0.25) is 6.10 Å². The number of hydrogen-bond acceptors (Lipinski definition) is 12. The van der Waals surface area contributed by atoms with Crippen LogP contribution in [0.5, 0.6) is 11.5 Å². The fourth-order valence-corrected chi connectivity index (χ4v) is 7.27. The predicted molar refractivity (Wildman–Crippen MR) is 163 cm³/mol. The van der Waals surface area contributed by atoms with Gasteiger partial charge in [0, 0.05) is 18.0 Å². The van der Waals surface area contributed by atoms with E-state index in [1.165, 1.54) is 0 Å². The van der Waals surface area contributed by atoms with Crippen molar-refractivity contribution in [3.8, 4) is 11.5 Å². The lowest BCUT2D eigenvalue weighted by Gasteiger charge is -2.61. The Labute approximate surface area is 269 Å². The Hall–Kier alpha value is -3.64. The minimum absolute atomic E-state index is 0.152. The normalized spacial score (nSPS) is 26.9. The summed E-state index contributed by atoms with van der Waals surface area (Å²) in [6.45, 7) is 10.7. The highest BCUT2D eigenvalue weighted by Gasteiger charge is 2.72. The summed E-state index contributed by atoms with van der Waals surface area (Å²) in [6.07, 6.45) is -0.436. The quantitative estimate of drug-likeness (QED) is 0.311. The van der Waals surface area contributed by atoms with Gasteiger partial charge in [-0.1, -0.05) is 6.07 Å². The summed E-state index contributed by atoms with van der Waals surface area (Å²) in [5.41, 5.74) is -1.71. The summed E-state index contributed by atoms with van der Waals surface area (Å²) < 4.78 is 33.9. The van der Waals surface area contributed by atoms with Crippen LogP contribution in [-0.4, -0.2) is 89.6 Å². The number of likely N-dealkylation sites (N-methyl/N-ethyl adjacent to an activating group) is 1. The minimum Gasteiger partial charge on any atom is -0.493 e. The Bertz CT molecular complexity index is 1450. The molecule has 5 atom stereocenters. The van der Waals surface area contributed by atoms with Crippen LogP contribution in [0.3, 0.4) is 0 Å². The summed E-state index contributed by atoms with van der Waals surface area (Å²) >= 11 is 0. The highest BCUT2D eigenvalue weighted by atomic mass is 16.6. The average molecular weight is 644 g/mol. The maximum absolute atomic E-state index is 13.1. The highest BCUT2D eigenvalue weighted by Crippen LogP contribution is 2.65. The van der Waals surface area contributed by atoms with Gasteiger partial charge in [0.15, 0.2) is 17.6 Å². The molecule has 4 aliphatic rings. The first-order chi connectivity index (χ1) is 21.4. The van der Waals surface area contributed by atoms with E-state index in [4.69, 9.17) is 28.4 Å². The number of rotatable bonds is 9. The van der Waals surface area contributed by atoms with Gasteiger partial charge < -0.3 is 38.4 Å². The molecule has 1 fully saturated rings. The predicted octanol–water partition coefficient (Wildman–Crippen LogP) is 3.28. The average Bonchev–Trinajstić information content (AvgIpc) is 3.29. The molecule has 2 aliphatic heterocycles. The summed E-state index contributed by atoms with van der Waals surface area (Å²) in [4.78, 5) is 53.3. The van der Waals surface area contributed by atoms with E-state index in [1.807, 2.05) is 19.2 Å². The molecule has 46 heavy (non-hydrogen) atoms. The number of nitrogens with zero attached hydrogens (tertiary/aromatic N) is 1. The van der Waals surface area contributed by atoms with Crippen molar-refractivity contribution in [2.24, 2.45) is 0 Å². The van der Waals surface area contributed by atoms with Crippen LogP contribution in [-0.2, 0) is 50.0 Å². The van der Waals surface area contributed by atoms with Crippen molar-refractivity contribution in [2.75, 3.05) is 20.7 Å². The van der Waals surface area contributed by atoms with Crippen LogP contribution < -0.4 is 9.47 Å². The molecule has 1 spiro atoms. The van der Waals surface area contributed by atoms with Gasteiger partial charge in [0.25, 0.3) is 0 Å². The second-order valence-electron chi connectivity index (χ2n) is 14.6. The molecule has 1 aromatic rings. The van der Waals surface area contributed by atoms with Gasteiger partial charge >= 0.3 is 23.9 Å². The van der Waals surface area contributed by atoms with Crippen molar-refractivity contribution in [3.05, 3.63) is 35.1 Å². The van der Waals surface area contributed by atoms with E-state index >= 15 is 0 Å². The van der Waals surface area contributed by atoms with Crippen LogP contribution in [0.4, 0.5) is 0 Å². The van der Waals surface area contributed by atoms with Crippen molar-refractivity contribution in [1.82, 2.24) is 4.90 Å². The van der Waals surface area contributed by atoms with Crippen molar-refractivity contribution in [1.29, 1.82) is 0 Å². The molecule has 1 N–H and O–H groups in total. The Kier molecular flexibility index (Phi) is 8.70. The zero-order valence-corrected chi connectivity index (χ0v) is 27.9. The number of ether oxygens (including phenoxy) is 6. The van der Waals surface area contributed by atoms with Gasteiger partial charge in [0.05, 0.1) is 37.4 Å². The third kappa shape index (κ3) is 6.09. The van der Waals surface area contributed by atoms with E-state index in [-0.39, 0.29) is 24.6 Å². The van der Waals surface area contributed by atoms with Gasteiger partial charge in [-0.25, -0.2) is 4.79 Å². The number of aliphatic hydroxyl groups is 1. The Morgan fingerprint density at radius 1 is 1.02 bits per heavy atom. The monoisotopic (exact) mass is 643 g/mol.